The van der Waals surface area contributed by atoms with Crippen molar-refractivity contribution in [2.45, 2.75) is 38.1 Å². The van der Waals surface area contributed by atoms with Crippen LogP contribution < -0.4 is 5.32 Å². The number of H-pyrrole nitrogens is 1. The van der Waals surface area contributed by atoms with Crippen LogP contribution in [0.15, 0.2) is 54.6 Å². The van der Waals surface area contributed by atoms with Gasteiger partial charge in [0, 0.05) is 34.2 Å². The maximum absolute atomic E-state index is 6.21. The van der Waals surface area contributed by atoms with Gasteiger partial charge in [0.2, 0.25) is 0 Å². The van der Waals surface area contributed by atoms with E-state index >= 15 is 0 Å². The summed E-state index contributed by atoms with van der Waals surface area (Å²) in [6.07, 6.45) is 5.84. The van der Waals surface area contributed by atoms with Crippen molar-refractivity contribution in [2.75, 3.05) is 6.54 Å². The molecule has 27 heavy (non-hydrogen) atoms. The summed E-state index contributed by atoms with van der Waals surface area (Å²) in [7, 11) is 0. The van der Waals surface area contributed by atoms with Crippen LogP contribution in [0.1, 0.15) is 42.5 Å². The summed E-state index contributed by atoms with van der Waals surface area (Å²) in [5, 5.41) is 5.93. The highest BCUT2D eigenvalue weighted by Gasteiger charge is 2.33. The molecule has 0 spiro atoms. The van der Waals surface area contributed by atoms with Crippen LogP contribution in [0.5, 0.6) is 0 Å². The molecule has 5 rings (SSSR count). The normalized spacial score (nSPS) is 25.3. The zero-order chi connectivity index (χ0) is 18.4. The average Bonchev–Trinajstić information content (AvgIpc) is 3.07. The predicted octanol–water partition coefficient (Wildman–Crippen LogP) is 5.93. The lowest BCUT2D eigenvalue weighted by Crippen LogP contribution is -2.41. The molecule has 0 saturated heterocycles. The third kappa shape index (κ3) is 3.11. The van der Waals surface area contributed by atoms with Gasteiger partial charge in [-0.15, -0.1) is 0 Å². The lowest BCUT2D eigenvalue weighted by Gasteiger charge is -2.36. The lowest BCUT2D eigenvalue weighted by molar-refractivity contribution is 0.306. The van der Waals surface area contributed by atoms with Crippen molar-refractivity contribution in [3.8, 4) is 0 Å². The molecule has 0 fully saturated rings. The molecule has 1 aromatic heterocycles. The molecule has 3 atom stereocenters. The molecule has 2 aliphatic rings. The maximum atomic E-state index is 6.21. The quantitative estimate of drug-likeness (QED) is 0.569. The van der Waals surface area contributed by atoms with E-state index in [1.807, 2.05) is 6.07 Å². The first-order valence-electron chi connectivity index (χ1n) is 9.97. The number of hydrogen-bond acceptors (Lipinski definition) is 1. The molecular formula is C24H25ClN2. The Balaban J connectivity index is 1.43. The second-order valence-electron chi connectivity index (χ2n) is 8.12. The zero-order valence-corrected chi connectivity index (χ0v) is 16.4. The van der Waals surface area contributed by atoms with Gasteiger partial charge in [-0.05, 0) is 59.9 Å². The van der Waals surface area contributed by atoms with Gasteiger partial charge in [-0.2, -0.15) is 0 Å². The number of halogens is 1. The van der Waals surface area contributed by atoms with E-state index in [9.17, 15) is 0 Å². The van der Waals surface area contributed by atoms with Gasteiger partial charge in [-0.3, -0.25) is 0 Å². The Kier molecular flexibility index (Phi) is 4.34. The highest BCUT2D eigenvalue weighted by atomic mass is 35.5. The Hall–Kier alpha value is -2.03. The highest BCUT2D eigenvalue weighted by Crippen LogP contribution is 2.41. The van der Waals surface area contributed by atoms with Gasteiger partial charge in [-0.25, -0.2) is 0 Å². The molecule has 0 bridgehead atoms. The molecule has 2 nitrogen and oxygen atoms in total. The number of aromatic amines is 1. The van der Waals surface area contributed by atoms with E-state index in [1.54, 1.807) is 0 Å². The van der Waals surface area contributed by atoms with Gasteiger partial charge in [0.25, 0.3) is 0 Å². The third-order valence-electron chi connectivity index (χ3n) is 6.40. The summed E-state index contributed by atoms with van der Waals surface area (Å²) in [6.45, 7) is 3.33. The standard InChI is InChI=1S/C24H25ClN2/c1-15-11-18(12-21-20-8-7-19(25)14-23(20)27-24(15)21)22-13-17(9-10-26-22)16-5-3-2-4-6-16/h2-9,14-15,18,22,26-27H,10-13H2,1H3. The topological polar surface area (TPSA) is 27.8 Å². The van der Waals surface area contributed by atoms with E-state index in [0.717, 1.165) is 24.4 Å². The van der Waals surface area contributed by atoms with Crippen LogP contribution >= 0.6 is 11.6 Å². The molecule has 0 saturated carbocycles. The minimum Gasteiger partial charge on any atom is -0.358 e. The molecule has 2 aromatic carbocycles. The molecule has 2 N–H and O–H groups in total. The van der Waals surface area contributed by atoms with Gasteiger partial charge in [0.05, 0.1) is 0 Å². The van der Waals surface area contributed by atoms with Crippen LogP contribution in [-0.2, 0) is 6.42 Å². The molecule has 0 amide bonds. The van der Waals surface area contributed by atoms with Gasteiger partial charge in [0.15, 0.2) is 0 Å². The number of nitrogens with one attached hydrogen (secondary N) is 2. The Morgan fingerprint density at radius 3 is 2.74 bits per heavy atom. The minimum absolute atomic E-state index is 0.540. The van der Waals surface area contributed by atoms with Crippen LogP contribution in [0.2, 0.25) is 5.02 Å². The lowest BCUT2D eigenvalue weighted by atomic mass is 9.74. The number of hydrogen-bond donors (Lipinski definition) is 2. The first-order chi connectivity index (χ1) is 13.2. The largest absolute Gasteiger partial charge is 0.358 e. The monoisotopic (exact) mass is 376 g/mol. The SMILES string of the molecule is CC1CC(C2CC(c3ccccc3)=CCN2)Cc2c1[nH]c1cc(Cl)ccc21. The number of aromatic nitrogens is 1. The summed E-state index contributed by atoms with van der Waals surface area (Å²) >= 11 is 6.21. The highest BCUT2D eigenvalue weighted by molar-refractivity contribution is 6.31. The van der Waals surface area contributed by atoms with Crippen molar-refractivity contribution in [1.29, 1.82) is 0 Å². The van der Waals surface area contributed by atoms with E-state index in [2.05, 4.69) is 65.8 Å². The molecule has 138 valence electrons. The van der Waals surface area contributed by atoms with Crippen LogP contribution in [0, 0.1) is 5.92 Å². The molecule has 2 heterocycles. The molecule has 3 unspecified atom stereocenters. The van der Waals surface area contributed by atoms with Crippen LogP contribution in [-0.4, -0.2) is 17.6 Å². The molecule has 1 aliphatic carbocycles. The second-order valence-corrected chi connectivity index (χ2v) is 8.56. The van der Waals surface area contributed by atoms with E-state index in [1.165, 1.54) is 39.7 Å². The fraction of sp³-hybridized carbons (Fsp3) is 0.333. The van der Waals surface area contributed by atoms with E-state index in [-0.39, 0.29) is 0 Å². The zero-order valence-electron chi connectivity index (χ0n) is 15.6. The molecule has 3 heteroatoms. The third-order valence-corrected chi connectivity index (χ3v) is 6.63. The summed E-state index contributed by atoms with van der Waals surface area (Å²) in [5.41, 5.74) is 6.96. The molecule has 1 aliphatic heterocycles. The summed E-state index contributed by atoms with van der Waals surface area (Å²) in [5.74, 6) is 1.22. The number of rotatable bonds is 2. The van der Waals surface area contributed by atoms with Crippen LogP contribution in [0.3, 0.4) is 0 Å². The summed E-state index contributed by atoms with van der Waals surface area (Å²) < 4.78 is 0. The van der Waals surface area contributed by atoms with Crippen LogP contribution in [0.4, 0.5) is 0 Å². The maximum Gasteiger partial charge on any atom is 0.0473 e. The fourth-order valence-corrected chi connectivity index (χ4v) is 5.23. The predicted molar refractivity (Wildman–Crippen MR) is 114 cm³/mol. The van der Waals surface area contributed by atoms with E-state index in [0.29, 0.717) is 17.9 Å². The van der Waals surface area contributed by atoms with Gasteiger partial charge in [0.1, 0.15) is 0 Å². The summed E-state index contributed by atoms with van der Waals surface area (Å²) in [6, 6.07) is 17.6. The summed E-state index contributed by atoms with van der Waals surface area (Å²) in [4.78, 5) is 3.65. The van der Waals surface area contributed by atoms with Crippen LogP contribution in [0.25, 0.3) is 16.5 Å². The molecular weight excluding hydrogens is 352 g/mol. The first kappa shape index (κ1) is 17.1. The van der Waals surface area contributed by atoms with Crippen molar-refractivity contribution in [3.05, 3.63) is 76.5 Å². The smallest absolute Gasteiger partial charge is 0.0473 e. The van der Waals surface area contributed by atoms with Gasteiger partial charge >= 0.3 is 0 Å². The number of benzene rings is 2. The minimum atomic E-state index is 0.540. The average molecular weight is 377 g/mol. The Morgan fingerprint density at radius 2 is 1.89 bits per heavy atom. The Morgan fingerprint density at radius 1 is 1.04 bits per heavy atom. The molecule has 3 aromatic rings. The van der Waals surface area contributed by atoms with E-state index in [4.69, 9.17) is 11.6 Å². The molecule has 0 radical (unpaired) electrons. The Bertz CT molecular complexity index is 1000. The van der Waals surface area contributed by atoms with Gasteiger partial charge < -0.3 is 10.3 Å². The van der Waals surface area contributed by atoms with Crippen molar-refractivity contribution < 1.29 is 0 Å². The fourth-order valence-electron chi connectivity index (χ4n) is 5.06. The first-order valence-corrected chi connectivity index (χ1v) is 10.3. The van der Waals surface area contributed by atoms with Crippen molar-refractivity contribution in [1.82, 2.24) is 10.3 Å². The van der Waals surface area contributed by atoms with Crippen molar-refractivity contribution >= 4 is 28.1 Å². The van der Waals surface area contributed by atoms with E-state index < -0.39 is 0 Å². The van der Waals surface area contributed by atoms with Gasteiger partial charge in [-0.1, -0.05) is 61.0 Å². The Labute approximate surface area is 165 Å². The van der Waals surface area contributed by atoms with Crippen molar-refractivity contribution in [3.63, 3.8) is 0 Å². The van der Waals surface area contributed by atoms with Crippen molar-refractivity contribution in [2.24, 2.45) is 5.92 Å². The second kappa shape index (κ2) is 6.85. The number of fused-ring (bicyclic) bond motifs is 3.